The molecule has 0 heterocycles. The standard InChI is InChI=1S/C11H13F2N3O3/c12-11(13,6-17)5-15-9(18)7-1-3-8(4-2-7)16-10(14)19/h1-4,17H,5-6H2,(H,15,18)(H3,14,16,19). The first-order valence-corrected chi connectivity index (χ1v) is 5.27. The zero-order valence-corrected chi connectivity index (χ0v) is 9.82. The van der Waals surface area contributed by atoms with Crippen molar-refractivity contribution in [2.75, 3.05) is 18.5 Å². The highest BCUT2D eigenvalue weighted by Crippen LogP contribution is 2.12. The maximum absolute atomic E-state index is 12.7. The maximum atomic E-state index is 12.7. The van der Waals surface area contributed by atoms with Crippen molar-refractivity contribution >= 4 is 17.6 Å². The summed E-state index contributed by atoms with van der Waals surface area (Å²) in [6.07, 6.45) is 0. The van der Waals surface area contributed by atoms with Crippen LogP contribution in [0, 0.1) is 0 Å². The number of halogens is 2. The minimum atomic E-state index is -3.36. The van der Waals surface area contributed by atoms with Gasteiger partial charge in [0.25, 0.3) is 11.8 Å². The summed E-state index contributed by atoms with van der Waals surface area (Å²) in [5.74, 6) is -4.07. The van der Waals surface area contributed by atoms with Crippen molar-refractivity contribution in [2.24, 2.45) is 5.73 Å². The Morgan fingerprint density at radius 2 is 1.84 bits per heavy atom. The number of aliphatic hydroxyl groups is 1. The number of nitrogens with one attached hydrogen (secondary N) is 2. The van der Waals surface area contributed by atoms with Gasteiger partial charge in [0.15, 0.2) is 0 Å². The van der Waals surface area contributed by atoms with Crippen molar-refractivity contribution in [3.63, 3.8) is 0 Å². The second kappa shape index (κ2) is 6.10. The first-order chi connectivity index (χ1) is 8.84. The Hall–Kier alpha value is -2.22. The summed E-state index contributed by atoms with van der Waals surface area (Å²) < 4.78 is 25.4. The second-order valence-electron chi connectivity index (χ2n) is 3.76. The van der Waals surface area contributed by atoms with Crippen LogP contribution in [0.2, 0.25) is 0 Å². The highest BCUT2D eigenvalue weighted by atomic mass is 19.3. The van der Waals surface area contributed by atoms with E-state index in [0.29, 0.717) is 5.69 Å². The summed E-state index contributed by atoms with van der Waals surface area (Å²) in [5, 5.41) is 12.6. The van der Waals surface area contributed by atoms with Crippen molar-refractivity contribution in [2.45, 2.75) is 5.92 Å². The first kappa shape index (κ1) is 14.8. The Morgan fingerprint density at radius 3 is 2.32 bits per heavy atom. The third-order valence-corrected chi connectivity index (χ3v) is 2.15. The monoisotopic (exact) mass is 273 g/mol. The summed E-state index contributed by atoms with van der Waals surface area (Å²) in [5.41, 5.74) is 5.42. The van der Waals surface area contributed by atoms with Gasteiger partial charge < -0.3 is 21.5 Å². The third-order valence-electron chi connectivity index (χ3n) is 2.15. The van der Waals surface area contributed by atoms with E-state index in [-0.39, 0.29) is 5.56 Å². The van der Waals surface area contributed by atoms with Gasteiger partial charge in [-0.3, -0.25) is 4.79 Å². The first-order valence-electron chi connectivity index (χ1n) is 5.27. The molecule has 0 aliphatic carbocycles. The van der Waals surface area contributed by atoms with Crippen molar-refractivity contribution < 1.29 is 23.5 Å². The molecule has 0 aromatic heterocycles. The molecule has 6 nitrogen and oxygen atoms in total. The van der Waals surface area contributed by atoms with Crippen LogP contribution in [-0.4, -0.2) is 36.1 Å². The van der Waals surface area contributed by atoms with Crippen LogP contribution >= 0.6 is 0 Å². The molecule has 1 aromatic rings. The number of benzene rings is 1. The van der Waals surface area contributed by atoms with E-state index in [0.717, 1.165) is 0 Å². The molecule has 104 valence electrons. The molecule has 0 spiro atoms. The number of nitrogens with two attached hydrogens (primary N) is 1. The number of urea groups is 1. The number of anilines is 1. The predicted octanol–water partition coefficient (Wildman–Crippen LogP) is 0.535. The number of carbonyl (C=O) groups is 2. The fourth-order valence-corrected chi connectivity index (χ4v) is 1.21. The van der Waals surface area contributed by atoms with Gasteiger partial charge in [0.1, 0.15) is 6.61 Å². The van der Waals surface area contributed by atoms with Crippen molar-refractivity contribution in [1.29, 1.82) is 0 Å². The predicted molar refractivity (Wildman–Crippen MR) is 64.0 cm³/mol. The lowest BCUT2D eigenvalue weighted by atomic mass is 10.2. The molecule has 19 heavy (non-hydrogen) atoms. The Labute approximate surface area is 107 Å². The number of carbonyl (C=O) groups excluding carboxylic acids is 2. The quantitative estimate of drug-likeness (QED) is 0.629. The molecule has 0 aliphatic heterocycles. The van der Waals surface area contributed by atoms with E-state index < -0.39 is 31.0 Å². The van der Waals surface area contributed by atoms with Gasteiger partial charge in [0.2, 0.25) is 0 Å². The molecular weight excluding hydrogens is 260 g/mol. The van der Waals surface area contributed by atoms with E-state index in [9.17, 15) is 18.4 Å². The molecule has 0 saturated heterocycles. The molecule has 0 bridgehead atoms. The SMILES string of the molecule is NC(=O)Nc1ccc(C(=O)NCC(F)(F)CO)cc1. The molecule has 0 atom stereocenters. The summed E-state index contributed by atoms with van der Waals surface area (Å²) in [4.78, 5) is 22.1. The average molecular weight is 273 g/mol. The minimum absolute atomic E-state index is 0.142. The van der Waals surface area contributed by atoms with Crippen LogP contribution in [0.5, 0.6) is 0 Å². The molecule has 1 rings (SSSR count). The van der Waals surface area contributed by atoms with E-state index in [1.165, 1.54) is 24.3 Å². The Kier molecular flexibility index (Phi) is 4.76. The number of primary amides is 1. The van der Waals surface area contributed by atoms with E-state index in [2.05, 4.69) is 5.32 Å². The molecule has 0 saturated carbocycles. The van der Waals surface area contributed by atoms with Gasteiger partial charge in [0.05, 0.1) is 6.54 Å². The lowest BCUT2D eigenvalue weighted by molar-refractivity contribution is -0.0462. The number of aliphatic hydroxyl groups excluding tert-OH is 1. The van der Waals surface area contributed by atoms with Crippen LogP contribution in [0.25, 0.3) is 0 Å². The van der Waals surface area contributed by atoms with E-state index in [1.807, 2.05) is 5.32 Å². The van der Waals surface area contributed by atoms with Crippen LogP contribution in [0.15, 0.2) is 24.3 Å². The van der Waals surface area contributed by atoms with Gasteiger partial charge in [-0.05, 0) is 24.3 Å². The molecular formula is C11H13F2N3O3. The van der Waals surface area contributed by atoms with Gasteiger partial charge in [-0.1, -0.05) is 0 Å². The van der Waals surface area contributed by atoms with Crippen LogP contribution in [-0.2, 0) is 0 Å². The van der Waals surface area contributed by atoms with Gasteiger partial charge in [-0.25, -0.2) is 13.6 Å². The summed E-state index contributed by atoms with van der Waals surface area (Å²) in [7, 11) is 0. The fourth-order valence-electron chi connectivity index (χ4n) is 1.21. The molecule has 1 aromatic carbocycles. The average Bonchev–Trinajstić information content (AvgIpc) is 2.36. The molecule has 5 N–H and O–H groups in total. The number of hydrogen-bond acceptors (Lipinski definition) is 3. The molecule has 0 unspecified atom stereocenters. The zero-order chi connectivity index (χ0) is 14.5. The van der Waals surface area contributed by atoms with E-state index in [4.69, 9.17) is 10.8 Å². The second-order valence-corrected chi connectivity index (χ2v) is 3.76. The highest BCUT2D eigenvalue weighted by molar-refractivity contribution is 5.95. The van der Waals surface area contributed by atoms with Crippen LogP contribution in [0.4, 0.5) is 19.3 Å². The number of amides is 3. The number of alkyl halides is 2. The molecule has 0 aliphatic rings. The van der Waals surface area contributed by atoms with Crippen LogP contribution < -0.4 is 16.4 Å². The maximum Gasteiger partial charge on any atom is 0.316 e. The molecule has 0 fully saturated rings. The Balaban J connectivity index is 2.60. The van der Waals surface area contributed by atoms with Crippen molar-refractivity contribution in [3.05, 3.63) is 29.8 Å². The lowest BCUT2D eigenvalue weighted by Gasteiger charge is -2.14. The van der Waals surface area contributed by atoms with Gasteiger partial charge >= 0.3 is 6.03 Å². The van der Waals surface area contributed by atoms with E-state index >= 15 is 0 Å². The fraction of sp³-hybridized carbons (Fsp3) is 0.273. The van der Waals surface area contributed by atoms with Crippen LogP contribution in [0.1, 0.15) is 10.4 Å². The smallest absolute Gasteiger partial charge is 0.316 e. The summed E-state index contributed by atoms with van der Waals surface area (Å²) in [6, 6.07) is 4.75. The third kappa shape index (κ3) is 4.88. The molecule has 3 amide bonds. The largest absolute Gasteiger partial charge is 0.390 e. The number of rotatable bonds is 5. The van der Waals surface area contributed by atoms with Crippen molar-refractivity contribution in [3.8, 4) is 0 Å². The highest BCUT2D eigenvalue weighted by Gasteiger charge is 2.28. The van der Waals surface area contributed by atoms with Crippen molar-refractivity contribution in [1.82, 2.24) is 5.32 Å². The minimum Gasteiger partial charge on any atom is -0.390 e. The molecule has 8 heteroatoms. The van der Waals surface area contributed by atoms with Gasteiger partial charge in [0, 0.05) is 11.3 Å². The van der Waals surface area contributed by atoms with Crippen LogP contribution in [0.3, 0.4) is 0 Å². The van der Waals surface area contributed by atoms with Gasteiger partial charge in [-0.2, -0.15) is 0 Å². The number of hydrogen-bond donors (Lipinski definition) is 4. The Bertz CT molecular complexity index is 463. The Morgan fingerprint density at radius 1 is 1.26 bits per heavy atom. The summed E-state index contributed by atoms with van der Waals surface area (Å²) in [6.45, 7) is -2.29. The zero-order valence-electron chi connectivity index (χ0n) is 9.82. The lowest BCUT2D eigenvalue weighted by Crippen LogP contribution is -2.38. The molecule has 0 radical (unpaired) electrons. The topological polar surface area (TPSA) is 104 Å². The summed E-state index contributed by atoms with van der Waals surface area (Å²) >= 11 is 0. The van der Waals surface area contributed by atoms with E-state index in [1.54, 1.807) is 0 Å². The normalized spacial score (nSPS) is 10.9. The van der Waals surface area contributed by atoms with Gasteiger partial charge in [-0.15, -0.1) is 0 Å².